The first-order valence-corrected chi connectivity index (χ1v) is 7.50. The van der Waals surface area contributed by atoms with Crippen LogP contribution in [0.1, 0.15) is 12.5 Å². The molecule has 2 N–H and O–H groups in total. The van der Waals surface area contributed by atoms with Crippen LogP contribution in [0.25, 0.3) is 0 Å². The van der Waals surface area contributed by atoms with Crippen LogP contribution in [-0.4, -0.2) is 36.0 Å². The Balaban J connectivity index is 1.96. The van der Waals surface area contributed by atoms with Crippen LogP contribution < -0.4 is 9.64 Å². The Hall–Kier alpha value is -2.20. The van der Waals surface area contributed by atoms with Crippen molar-refractivity contribution in [2.75, 3.05) is 24.6 Å². The van der Waals surface area contributed by atoms with Crippen LogP contribution in [0.2, 0.25) is 0 Å². The first-order valence-electron chi connectivity index (χ1n) is 7.50. The number of rotatable bonds is 7. The highest BCUT2D eigenvalue weighted by Gasteiger charge is 2.14. The molecule has 2 aromatic rings. The van der Waals surface area contributed by atoms with Crippen LogP contribution in [0.15, 0.2) is 48.5 Å². The highest BCUT2D eigenvalue weighted by Crippen LogP contribution is 2.25. The van der Waals surface area contributed by atoms with Crippen molar-refractivity contribution in [3.63, 3.8) is 0 Å². The lowest BCUT2D eigenvalue weighted by atomic mass is 10.1. The molecule has 0 aromatic heterocycles. The molecule has 118 valence electrons. The monoisotopic (exact) mass is 301 g/mol. The maximum Gasteiger partial charge on any atom is 0.119 e. The van der Waals surface area contributed by atoms with Crippen molar-refractivity contribution in [2.24, 2.45) is 0 Å². The van der Waals surface area contributed by atoms with Gasteiger partial charge >= 0.3 is 0 Å². The number of anilines is 1. The maximum absolute atomic E-state index is 10.2. The normalized spacial score (nSPS) is 12.0. The van der Waals surface area contributed by atoms with E-state index >= 15 is 0 Å². The Labute approximate surface area is 131 Å². The SMILES string of the molecule is CCN(CC(O)COc1ccccc1)c1cc(O)ccc1C. The summed E-state index contributed by atoms with van der Waals surface area (Å²) in [6.07, 6.45) is -0.609. The van der Waals surface area contributed by atoms with E-state index in [0.29, 0.717) is 6.54 Å². The number of aliphatic hydroxyl groups excluding tert-OH is 1. The molecule has 0 radical (unpaired) electrons. The van der Waals surface area contributed by atoms with Crippen LogP contribution >= 0.6 is 0 Å². The second-order valence-corrected chi connectivity index (χ2v) is 5.29. The van der Waals surface area contributed by atoms with Gasteiger partial charge in [0.05, 0.1) is 0 Å². The van der Waals surface area contributed by atoms with Crippen molar-refractivity contribution < 1.29 is 14.9 Å². The molecule has 2 aromatic carbocycles. The van der Waals surface area contributed by atoms with E-state index in [0.717, 1.165) is 23.5 Å². The molecule has 0 aliphatic rings. The summed E-state index contributed by atoms with van der Waals surface area (Å²) in [5, 5.41) is 19.9. The van der Waals surface area contributed by atoms with Crippen LogP contribution in [0.5, 0.6) is 11.5 Å². The van der Waals surface area contributed by atoms with Gasteiger partial charge in [0.1, 0.15) is 24.2 Å². The van der Waals surface area contributed by atoms with Gasteiger partial charge in [0.2, 0.25) is 0 Å². The highest BCUT2D eigenvalue weighted by atomic mass is 16.5. The van der Waals surface area contributed by atoms with Crippen molar-refractivity contribution in [3.05, 3.63) is 54.1 Å². The molecule has 0 amide bonds. The smallest absolute Gasteiger partial charge is 0.119 e. The number of nitrogens with zero attached hydrogens (tertiary/aromatic N) is 1. The summed E-state index contributed by atoms with van der Waals surface area (Å²) in [6, 6.07) is 14.7. The van der Waals surface area contributed by atoms with E-state index < -0.39 is 6.10 Å². The minimum Gasteiger partial charge on any atom is -0.508 e. The third-order valence-electron chi connectivity index (χ3n) is 3.53. The molecule has 0 aliphatic carbocycles. The molecular weight excluding hydrogens is 278 g/mol. The fourth-order valence-electron chi connectivity index (χ4n) is 2.35. The van der Waals surface area contributed by atoms with Crippen LogP contribution in [0, 0.1) is 6.92 Å². The van der Waals surface area contributed by atoms with E-state index in [1.807, 2.05) is 55.1 Å². The number of benzene rings is 2. The summed E-state index contributed by atoms with van der Waals surface area (Å²) in [5.74, 6) is 0.979. The number of para-hydroxylation sites is 1. The van der Waals surface area contributed by atoms with Gasteiger partial charge in [-0.15, -0.1) is 0 Å². The highest BCUT2D eigenvalue weighted by molar-refractivity contribution is 5.56. The fraction of sp³-hybridized carbons (Fsp3) is 0.333. The number of phenols is 1. The molecule has 0 heterocycles. The molecule has 0 aliphatic heterocycles. The third-order valence-corrected chi connectivity index (χ3v) is 3.53. The molecule has 1 atom stereocenters. The van der Waals surface area contributed by atoms with Gasteiger partial charge in [-0.1, -0.05) is 24.3 Å². The second-order valence-electron chi connectivity index (χ2n) is 5.29. The molecule has 0 fully saturated rings. The summed E-state index contributed by atoms with van der Waals surface area (Å²) >= 11 is 0. The number of aryl methyl sites for hydroxylation is 1. The zero-order valence-electron chi connectivity index (χ0n) is 13.1. The van der Waals surface area contributed by atoms with Crippen molar-refractivity contribution in [1.82, 2.24) is 0 Å². The van der Waals surface area contributed by atoms with Gasteiger partial charge in [0.15, 0.2) is 0 Å². The maximum atomic E-state index is 10.2. The fourth-order valence-corrected chi connectivity index (χ4v) is 2.35. The van der Waals surface area contributed by atoms with Crippen LogP contribution in [0.3, 0.4) is 0 Å². The minimum absolute atomic E-state index is 0.231. The number of aromatic hydroxyl groups is 1. The topological polar surface area (TPSA) is 52.9 Å². The molecule has 4 nitrogen and oxygen atoms in total. The van der Waals surface area contributed by atoms with E-state index in [-0.39, 0.29) is 12.4 Å². The van der Waals surface area contributed by atoms with Gasteiger partial charge in [-0.05, 0) is 37.6 Å². The number of likely N-dealkylation sites (N-methyl/N-ethyl adjacent to an activating group) is 1. The lowest BCUT2D eigenvalue weighted by molar-refractivity contribution is 0.112. The Morgan fingerprint density at radius 3 is 2.55 bits per heavy atom. The van der Waals surface area contributed by atoms with Gasteiger partial charge in [0.25, 0.3) is 0 Å². The van der Waals surface area contributed by atoms with E-state index in [2.05, 4.69) is 0 Å². The van der Waals surface area contributed by atoms with Gasteiger partial charge < -0.3 is 19.8 Å². The standard InChI is InChI=1S/C18H23NO3/c1-3-19(18-11-15(20)10-9-14(18)2)12-16(21)13-22-17-7-5-4-6-8-17/h4-11,16,20-21H,3,12-13H2,1-2H3. The van der Waals surface area contributed by atoms with Crippen molar-refractivity contribution in [3.8, 4) is 11.5 Å². The predicted molar refractivity (Wildman–Crippen MR) is 88.7 cm³/mol. The van der Waals surface area contributed by atoms with Gasteiger partial charge in [-0.25, -0.2) is 0 Å². The lowest BCUT2D eigenvalue weighted by Gasteiger charge is -2.27. The lowest BCUT2D eigenvalue weighted by Crippen LogP contribution is -2.36. The van der Waals surface area contributed by atoms with Gasteiger partial charge in [-0.2, -0.15) is 0 Å². The summed E-state index contributed by atoms with van der Waals surface area (Å²) in [5.41, 5.74) is 2.00. The number of hydrogen-bond acceptors (Lipinski definition) is 4. The molecule has 0 spiro atoms. The number of aliphatic hydroxyl groups is 1. The quantitative estimate of drug-likeness (QED) is 0.825. The van der Waals surface area contributed by atoms with E-state index in [1.54, 1.807) is 12.1 Å². The number of phenolic OH excluding ortho intramolecular Hbond substituents is 1. The van der Waals surface area contributed by atoms with Gasteiger partial charge in [-0.3, -0.25) is 0 Å². The largest absolute Gasteiger partial charge is 0.508 e. The summed E-state index contributed by atoms with van der Waals surface area (Å²) in [7, 11) is 0. The first kappa shape index (κ1) is 16.2. The average Bonchev–Trinajstić information content (AvgIpc) is 2.54. The molecule has 1 unspecified atom stereocenters. The summed E-state index contributed by atoms with van der Waals surface area (Å²) < 4.78 is 5.58. The molecule has 0 saturated carbocycles. The zero-order chi connectivity index (χ0) is 15.9. The Morgan fingerprint density at radius 1 is 1.14 bits per heavy atom. The van der Waals surface area contributed by atoms with Crippen molar-refractivity contribution >= 4 is 5.69 Å². The predicted octanol–water partition coefficient (Wildman–Crippen LogP) is 2.97. The minimum atomic E-state index is -0.609. The molecule has 22 heavy (non-hydrogen) atoms. The second kappa shape index (κ2) is 7.71. The molecule has 0 bridgehead atoms. The Morgan fingerprint density at radius 2 is 1.86 bits per heavy atom. The first-order chi connectivity index (χ1) is 10.6. The number of hydrogen-bond donors (Lipinski definition) is 2. The van der Waals surface area contributed by atoms with Gasteiger partial charge in [0, 0.05) is 24.8 Å². The zero-order valence-corrected chi connectivity index (χ0v) is 13.1. The van der Waals surface area contributed by atoms with E-state index in [4.69, 9.17) is 4.74 Å². The Bertz CT molecular complexity index is 586. The molecule has 4 heteroatoms. The van der Waals surface area contributed by atoms with E-state index in [9.17, 15) is 10.2 Å². The summed E-state index contributed by atoms with van der Waals surface area (Å²) in [4.78, 5) is 2.04. The van der Waals surface area contributed by atoms with Crippen LogP contribution in [-0.2, 0) is 0 Å². The van der Waals surface area contributed by atoms with Crippen molar-refractivity contribution in [2.45, 2.75) is 20.0 Å². The van der Waals surface area contributed by atoms with Crippen LogP contribution in [0.4, 0.5) is 5.69 Å². The van der Waals surface area contributed by atoms with E-state index in [1.165, 1.54) is 0 Å². The molecule has 0 saturated heterocycles. The average molecular weight is 301 g/mol. The van der Waals surface area contributed by atoms with Crippen molar-refractivity contribution in [1.29, 1.82) is 0 Å². The summed E-state index contributed by atoms with van der Waals surface area (Å²) in [6.45, 7) is 5.44. The number of ether oxygens (including phenoxy) is 1. The Kier molecular flexibility index (Phi) is 5.67. The molecule has 2 rings (SSSR count). The third kappa shape index (κ3) is 4.40. The molecular formula is C18H23NO3.